The molecule has 0 spiro atoms. The van der Waals surface area contributed by atoms with Gasteiger partial charge < -0.3 is 4.74 Å². The van der Waals surface area contributed by atoms with Crippen LogP contribution in [0.5, 0.6) is 5.75 Å². The van der Waals surface area contributed by atoms with Crippen LogP contribution in [0.3, 0.4) is 0 Å². The van der Waals surface area contributed by atoms with Crippen molar-refractivity contribution in [1.82, 2.24) is 4.98 Å². The summed E-state index contributed by atoms with van der Waals surface area (Å²) >= 11 is 6.26. The van der Waals surface area contributed by atoms with Gasteiger partial charge in [-0.15, -0.1) is 0 Å². The number of fused-ring (bicyclic) bond motifs is 2. The van der Waals surface area contributed by atoms with Crippen molar-refractivity contribution in [3.63, 3.8) is 0 Å². The van der Waals surface area contributed by atoms with Gasteiger partial charge in [-0.2, -0.15) is 0 Å². The predicted molar refractivity (Wildman–Crippen MR) is 96.2 cm³/mol. The fourth-order valence-electron chi connectivity index (χ4n) is 3.05. The van der Waals surface area contributed by atoms with E-state index in [1.807, 2.05) is 36.4 Å². The summed E-state index contributed by atoms with van der Waals surface area (Å²) in [4.78, 5) is 4.61. The third-order valence-electron chi connectivity index (χ3n) is 4.05. The Labute approximate surface area is 139 Å². The average molecular weight is 320 g/mol. The van der Waals surface area contributed by atoms with E-state index in [4.69, 9.17) is 16.3 Å². The SMILES string of the molecule is COc1cccc2cccc(-c3nc(Cl)cc4ccccc34)c12. The quantitative estimate of drug-likeness (QED) is 0.441. The summed E-state index contributed by atoms with van der Waals surface area (Å²) in [5, 5.41) is 4.82. The lowest BCUT2D eigenvalue weighted by Gasteiger charge is -2.12. The van der Waals surface area contributed by atoms with Crippen LogP contribution < -0.4 is 4.74 Å². The Hall–Kier alpha value is -2.58. The van der Waals surface area contributed by atoms with Crippen molar-refractivity contribution in [2.45, 2.75) is 0 Å². The zero-order valence-corrected chi connectivity index (χ0v) is 13.3. The highest BCUT2D eigenvalue weighted by molar-refractivity contribution is 6.30. The molecule has 0 fully saturated rings. The molecule has 0 unspecified atom stereocenters. The van der Waals surface area contributed by atoms with Crippen molar-refractivity contribution in [2.24, 2.45) is 0 Å². The lowest BCUT2D eigenvalue weighted by molar-refractivity contribution is 0.420. The Bertz CT molecular complexity index is 1020. The summed E-state index contributed by atoms with van der Waals surface area (Å²) in [7, 11) is 1.69. The topological polar surface area (TPSA) is 22.1 Å². The van der Waals surface area contributed by atoms with E-state index in [0.717, 1.165) is 38.6 Å². The highest BCUT2D eigenvalue weighted by Gasteiger charge is 2.13. The number of halogens is 1. The number of pyridine rings is 1. The Kier molecular flexibility index (Phi) is 3.40. The third kappa shape index (κ3) is 2.32. The molecule has 1 aromatic heterocycles. The van der Waals surface area contributed by atoms with Gasteiger partial charge in [-0.25, -0.2) is 4.98 Å². The molecule has 1 heterocycles. The molecule has 0 saturated carbocycles. The number of hydrogen-bond acceptors (Lipinski definition) is 2. The molecule has 0 amide bonds. The first kappa shape index (κ1) is 14.0. The first-order chi connectivity index (χ1) is 11.3. The number of methoxy groups -OCH3 is 1. The third-order valence-corrected chi connectivity index (χ3v) is 4.24. The molecular weight excluding hydrogens is 306 g/mol. The molecule has 0 aliphatic carbocycles. The molecule has 0 N–H and O–H groups in total. The van der Waals surface area contributed by atoms with Crippen LogP contribution in [0, 0.1) is 0 Å². The summed E-state index contributed by atoms with van der Waals surface area (Å²) < 4.78 is 5.57. The number of hydrogen-bond donors (Lipinski definition) is 0. The van der Waals surface area contributed by atoms with E-state index in [1.54, 1.807) is 7.11 Å². The van der Waals surface area contributed by atoms with E-state index in [9.17, 15) is 0 Å². The van der Waals surface area contributed by atoms with Gasteiger partial charge in [-0.3, -0.25) is 0 Å². The molecule has 0 aliphatic rings. The zero-order chi connectivity index (χ0) is 15.8. The van der Waals surface area contributed by atoms with E-state index >= 15 is 0 Å². The first-order valence-corrected chi connectivity index (χ1v) is 7.77. The van der Waals surface area contributed by atoms with Crippen LogP contribution in [0.15, 0.2) is 66.7 Å². The van der Waals surface area contributed by atoms with Crippen LogP contribution in [0.2, 0.25) is 5.15 Å². The van der Waals surface area contributed by atoms with Crippen molar-refractivity contribution in [3.8, 4) is 17.0 Å². The molecule has 0 bridgehead atoms. The molecule has 0 atom stereocenters. The number of aromatic nitrogens is 1. The molecule has 2 nitrogen and oxygen atoms in total. The molecule has 112 valence electrons. The van der Waals surface area contributed by atoms with Crippen LogP contribution in [-0.4, -0.2) is 12.1 Å². The Morgan fingerprint density at radius 3 is 2.43 bits per heavy atom. The Balaban J connectivity index is 2.15. The second kappa shape index (κ2) is 5.56. The minimum atomic E-state index is 0.491. The van der Waals surface area contributed by atoms with Gasteiger partial charge in [0, 0.05) is 16.3 Å². The number of rotatable bonds is 2. The lowest BCUT2D eigenvalue weighted by Crippen LogP contribution is -1.91. The largest absolute Gasteiger partial charge is 0.496 e. The van der Waals surface area contributed by atoms with Crippen LogP contribution in [0.25, 0.3) is 32.8 Å². The van der Waals surface area contributed by atoms with Gasteiger partial charge in [0.2, 0.25) is 0 Å². The van der Waals surface area contributed by atoms with E-state index in [1.165, 1.54) is 0 Å². The van der Waals surface area contributed by atoms with Crippen LogP contribution >= 0.6 is 11.6 Å². The average Bonchev–Trinajstić information content (AvgIpc) is 2.60. The minimum Gasteiger partial charge on any atom is -0.496 e. The van der Waals surface area contributed by atoms with Crippen molar-refractivity contribution >= 4 is 33.1 Å². The molecule has 4 rings (SSSR count). The highest BCUT2D eigenvalue weighted by Crippen LogP contribution is 2.37. The summed E-state index contributed by atoms with van der Waals surface area (Å²) in [5.41, 5.74) is 1.90. The number of benzene rings is 3. The first-order valence-electron chi connectivity index (χ1n) is 7.39. The van der Waals surface area contributed by atoms with Crippen LogP contribution in [-0.2, 0) is 0 Å². The van der Waals surface area contributed by atoms with E-state index < -0.39 is 0 Å². The van der Waals surface area contributed by atoms with Crippen LogP contribution in [0.1, 0.15) is 0 Å². The number of ether oxygens (including phenoxy) is 1. The molecule has 23 heavy (non-hydrogen) atoms. The normalized spacial score (nSPS) is 11.0. The monoisotopic (exact) mass is 319 g/mol. The second-order valence-corrected chi connectivity index (χ2v) is 5.77. The fourth-order valence-corrected chi connectivity index (χ4v) is 3.25. The Morgan fingerprint density at radius 1 is 0.870 bits per heavy atom. The molecule has 3 heteroatoms. The van der Waals surface area contributed by atoms with Gasteiger partial charge >= 0.3 is 0 Å². The fraction of sp³-hybridized carbons (Fsp3) is 0.0500. The van der Waals surface area contributed by atoms with Crippen molar-refractivity contribution in [1.29, 1.82) is 0 Å². The van der Waals surface area contributed by atoms with E-state index in [0.29, 0.717) is 5.15 Å². The lowest BCUT2D eigenvalue weighted by atomic mass is 9.97. The van der Waals surface area contributed by atoms with E-state index in [-0.39, 0.29) is 0 Å². The number of nitrogens with zero attached hydrogens (tertiary/aromatic N) is 1. The Morgan fingerprint density at radius 2 is 1.61 bits per heavy atom. The molecule has 0 radical (unpaired) electrons. The van der Waals surface area contributed by atoms with Gasteiger partial charge in [-0.1, -0.05) is 66.2 Å². The molecule has 3 aromatic carbocycles. The van der Waals surface area contributed by atoms with Gasteiger partial charge in [0.1, 0.15) is 10.9 Å². The second-order valence-electron chi connectivity index (χ2n) is 5.38. The minimum absolute atomic E-state index is 0.491. The van der Waals surface area contributed by atoms with E-state index in [2.05, 4.69) is 35.3 Å². The van der Waals surface area contributed by atoms with Gasteiger partial charge in [0.15, 0.2) is 0 Å². The van der Waals surface area contributed by atoms with Crippen molar-refractivity contribution < 1.29 is 4.74 Å². The van der Waals surface area contributed by atoms with Crippen LogP contribution in [0.4, 0.5) is 0 Å². The van der Waals surface area contributed by atoms with Crippen molar-refractivity contribution in [2.75, 3.05) is 7.11 Å². The zero-order valence-electron chi connectivity index (χ0n) is 12.6. The van der Waals surface area contributed by atoms with Gasteiger partial charge in [-0.05, 0) is 22.9 Å². The highest BCUT2D eigenvalue weighted by atomic mass is 35.5. The van der Waals surface area contributed by atoms with Gasteiger partial charge in [0.05, 0.1) is 12.8 Å². The summed E-state index contributed by atoms with van der Waals surface area (Å²) in [6, 6.07) is 22.3. The standard InChI is InChI=1S/C20H14ClNO/c1-23-17-11-5-8-13-7-4-10-16(19(13)17)20-15-9-3-2-6-14(15)12-18(21)22-20/h2-12H,1H3. The molecule has 0 saturated heterocycles. The molecular formula is C20H14ClNO. The maximum Gasteiger partial charge on any atom is 0.130 e. The summed E-state index contributed by atoms with van der Waals surface area (Å²) in [6.07, 6.45) is 0. The predicted octanol–water partition coefficient (Wildman–Crippen LogP) is 5.72. The summed E-state index contributed by atoms with van der Waals surface area (Å²) in [5.74, 6) is 0.837. The molecule has 4 aromatic rings. The van der Waals surface area contributed by atoms with Gasteiger partial charge in [0.25, 0.3) is 0 Å². The summed E-state index contributed by atoms with van der Waals surface area (Å²) in [6.45, 7) is 0. The maximum absolute atomic E-state index is 6.26. The molecule has 0 aliphatic heterocycles. The van der Waals surface area contributed by atoms with Crippen molar-refractivity contribution in [3.05, 3.63) is 71.9 Å². The maximum atomic E-state index is 6.26. The smallest absolute Gasteiger partial charge is 0.130 e.